The minimum atomic E-state index is -0.259. The molecule has 3 heterocycles. The van der Waals surface area contributed by atoms with E-state index in [1.807, 2.05) is 10.9 Å². The van der Waals surface area contributed by atoms with Crippen LogP contribution in [0.1, 0.15) is 65.3 Å². The summed E-state index contributed by atoms with van der Waals surface area (Å²) in [6, 6.07) is 23.8. The summed E-state index contributed by atoms with van der Waals surface area (Å²) >= 11 is 1.55. The molecule has 1 N–H and O–H groups in total. The molecule has 36 heavy (non-hydrogen) atoms. The summed E-state index contributed by atoms with van der Waals surface area (Å²) in [6.45, 7) is 8.68. The van der Waals surface area contributed by atoms with Crippen LogP contribution >= 0.6 is 11.8 Å². The number of hydrogen-bond donors (Lipinski definition) is 1. The Hall–Kier alpha value is -3.51. The molecule has 182 valence electrons. The summed E-state index contributed by atoms with van der Waals surface area (Å²) in [4.78, 5) is 4.81. The van der Waals surface area contributed by atoms with E-state index in [2.05, 4.69) is 99.7 Å². The zero-order valence-electron chi connectivity index (χ0n) is 21.2. The minimum absolute atomic E-state index is 0.145. The van der Waals surface area contributed by atoms with E-state index in [-0.39, 0.29) is 12.1 Å². The average Bonchev–Trinajstić information content (AvgIpc) is 3.31. The highest BCUT2D eigenvalue weighted by molar-refractivity contribution is 7.98. The third-order valence-corrected chi connectivity index (χ3v) is 7.63. The van der Waals surface area contributed by atoms with Gasteiger partial charge in [0.2, 0.25) is 11.1 Å². The van der Waals surface area contributed by atoms with Crippen LogP contribution in [0.3, 0.4) is 0 Å². The highest BCUT2D eigenvalue weighted by atomic mass is 32.2. The smallest absolute Gasteiger partial charge is 0.227 e. The van der Waals surface area contributed by atoms with Gasteiger partial charge in [-0.2, -0.15) is 4.98 Å². The number of nitrogens with zero attached hydrogens (tertiary/aromatic N) is 3. The van der Waals surface area contributed by atoms with Crippen LogP contribution in [0.5, 0.6) is 5.75 Å². The van der Waals surface area contributed by atoms with Crippen molar-refractivity contribution in [2.45, 2.75) is 50.9 Å². The lowest BCUT2D eigenvalue weighted by Crippen LogP contribution is -2.32. The molecule has 0 amide bonds. The molecule has 6 rings (SSSR count). The van der Waals surface area contributed by atoms with Gasteiger partial charge in [0.05, 0.1) is 5.70 Å². The zero-order chi connectivity index (χ0) is 25.0. The highest BCUT2D eigenvalue weighted by Crippen LogP contribution is 2.51. The van der Waals surface area contributed by atoms with Crippen LogP contribution in [0.15, 0.2) is 77.5 Å². The van der Waals surface area contributed by atoms with Gasteiger partial charge in [0.25, 0.3) is 0 Å². The highest BCUT2D eigenvalue weighted by Gasteiger charge is 2.41. The summed E-state index contributed by atoms with van der Waals surface area (Å²) in [6.07, 6.45) is 1.75. The van der Waals surface area contributed by atoms with Crippen LogP contribution in [0, 0.1) is 13.8 Å². The monoisotopic (exact) mass is 494 g/mol. The molecule has 6 heteroatoms. The predicted molar refractivity (Wildman–Crippen MR) is 147 cm³/mol. The van der Waals surface area contributed by atoms with Gasteiger partial charge in [-0.25, -0.2) is 4.68 Å². The van der Waals surface area contributed by atoms with Gasteiger partial charge in [-0.15, -0.1) is 5.10 Å². The average molecular weight is 495 g/mol. The number of aromatic nitrogens is 3. The van der Waals surface area contributed by atoms with Crippen molar-refractivity contribution in [3.63, 3.8) is 0 Å². The van der Waals surface area contributed by atoms with Crippen LogP contribution in [-0.4, -0.2) is 21.0 Å². The first kappa shape index (κ1) is 22.9. The first-order valence-electron chi connectivity index (χ1n) is 12.4. The second-order valence-corrected chi connectivity index (χ2v) is 10.7. The topological polar surface area (TPSA) is 52.0 Å². The van der Waals surface area contributed by atoms with Gasteiger partial charge >= 0.3 is 0 Å². The summed E-state index contributed by atoms with van der Waals surface area (Å²) in [5, 5.41) is 9.30. The molecule has 3 aromatic carbocycles. The normalized spacial score (nSPS) is 18.3. The number of nitrogens with one attached hydrogen (secondary N) is 1. The molecule has 4 aromatic rings. The SMILES string of the molecule is CSc1nc2n(n1)[C@H](c1ccc(C)cc1)C1=C(N2)c2cc(C)ccc2O[C@H]1c1ccc(C(C)C)cc1. The van der Waals surface area contributed by atoms with Gasteiger partial charge in [-0.3, -0.25) is 0 Å². The summed E-state index contributed by atoms with van der Waals surface area (Å²) < 4.78 is 8.82. The van der Waals surface area contributed by atoms with E-state index in [4.69, 9.17) is 14.8 Å². The first-order valence-corrected chi connectivity index (χ1v) is 13.6. The fourth-order valence-corrected chi connectivity index (χ4v) is 5.46. The molecule has 0 radical (unpaired) electrons. The molecule has 0 saturated carbocycles. The lowest BCUT2D eigenvalue weighted by molar-refractivity contribution is 0.223. The minimum Gasteiger partial charge on any atom is -0.480 e. The van der Waals surface area contributed by atoms with Gasteiger partial charge in [0, 0.05) is 11.1 Å². The number of thioether (sulfide) groups is 1. The lowest BCUT2D eigenvalue weighted by atomic mass is 9.84. The Labute approximate surface area is 216 Å². The van der Waals surface area contributed by atoms with E-state index in [9.17, 15) is 0 Å². The number of aryl methyl sites for hydroxylation is 2. The summed E-state index contributed by atoms with van der Waals surface area (Å²) in [5.41, 5.74) is 9.32. The molecule has 0 saturated heterocycles. The lowest BCUT2D eigenvalue weighted by Gasteiger charge is -2.39. The Bertz CT molecular complexity index is 1470. The van der Waals surface area contributed by atoms with Crippen molar-refractivity contribution in [2.75, 3.05) is 11.6 Å². The molecule has 0 fully saturated rings. The molecular formula is C30H30N4OS. The van der Waals surface area contributed by atoms with Crippen molar-refractivity contribution in [1.82, 2.24) is 14.8 Å². The van der Waals surface area contributed by atoms with Gasteiger partial charge in [-0.05, 0) is 54.8 Å². The Balaban J connectivity index is 1.60. The number of hydrogen-bond acceptors (Lipinski definition) is 5. The Morgan fingerprint density at radius 2 is 1.61 bits per heavy atom. The van der Waals surface area contributed by atoms with Crippen molar-refractivity contribution >= 4 is 23.4 Å². The van der Waals surface area contributed by atoms with E-state index in [0.29, 0.717) is 5.92 Å². The van der Waals surface area contributed by atoms with E-state index < -0.39 is 0 Å². The van der Waals surface area contributed by atoms with E-state index in [1.54, 1.807) is 11.8 Å². The predicted octanol–water partition coefficient (Wildman–Crippen LogP) is 7.30. The van der Waals surface area contributed by atoms with Crippen LogP contribution in [-0.2, 0) is 0 Å². The molecule has 0 spiro atoms. The quantitative estimate of drug-likeness (QED) is 0.302. The largest absolute Gasteiger partial charge is 0.480 e. The number of fused-ring (bicyclic) bond motifs is 3. The third-order valence-electron chi connectivity index (χ3n) is 7.09. The Morgan fingerprint density at radius 1 is 0.917 bits per heavy atom. The van der Waals surface area contributed by atoms with Gasteiger partial charge in [0.15, 0.2) is 0 Å². The summed E-state index contributed by atoms with van der Waals surface area (Å²) in [5.74, 6) is 2.11. The zero-order valence-corrected chi connectivity index (χ0v) is 22.1. The fraction of sp³-hybridized carbons (Fsp3) is 0.267. The second-order valence-electron chi connectivity index (χ2n) is 9.95. The maximum Gasteiger partial charge on any atom is 0.227 e. The Morgan fingerprint density at radius 3 is 2.31 bits per heavy atom. The van der Waals surface area contributed by atoms with Crippen molar-refractivity contribution in [3.8, 4) is 5.75 Å². The number of ether oxygens (including phenoxy) is 1. The van der Waals surface area contributed by atoms with Crippen molar-refractivity contribution in [1.29, 1.82) is 0 Å². The standard InChI is InChI=1S/C30H30N4OS/c1-17(2)20-11-13-22(14-12-20)28-25-26(23-16-19(4)8-15-24(23)35-28)31-29-32-30(36-5)33-34(29)27(25)21-9-6-18(3)7-10-21/h6-17,27-28H,1-5H3,(H,31,32,33)/t27-,28+/m1/s1. The first-order chi connectivity index (χ1) is 17.4. The number of rotatable bonds is 4. The van der Waals surface area contributed by atoms with E-state index in [0.717, 1.165) is 44.8 Å². The maximum atomic E-state index is 6.80. The van der Waals surface area contributed by atoms with Crippen LogP contribution in [0.2, 0.25) is 0 Å². The van der Waals surface area contributed by atoms with Crippen LogP contribution < -0.4 is 10.1 Å². The van der Waals surface area contributed by atoms with Gasteiger partial charge < -0.3 is 10.1 Å². The van der Waals surface area contributed by atoms with Crippen molar-refractivity contribution < 1.29 is 4.74 Å². The molecule has 2 aliphatic heterocycles. The maximum absolute atomic E-state index is 6.80. The van der Waals surface area contributed by atoms with Gasteiger partial charge in [-0.1, -0.05) is 91.3 Å². The van der Waals surface area contributed by atoms with E-state index >= 15 is 0 Å². The Kier molecular flexibility index (Phi) is 5.64. The van der Waals surface area contributed by atoms with Crippen molar-refractivity contribution in [2.24, 2.45) is 0 Å². The molecule has 0 aliphatic carbocycles. The molecule has 2 aliphatic rings. The van der Waals surface area contributed by atoms with Crippen LogP contribution in [0.25, 0.3) is 5.70 Å². The van der Waals surface area contributed by atoms with Crippen molar-refractivity contribution in [3.05, 3.63) is 106 Å². The molecule has 0 unspecified atom stereocenters. The molecule has 0 bridgehead atoms. The number of benzene rings is 3. The van der Waals surface area contributed by atoms with Crippen LogP contribution in [0.4, 0.5) is 5.95 Å². The summed E-state index contributed by atoms with van der Waals surface area (Å²) in [7, 11) is 0. The third kappa shape index (κ3) is 3.80. The molecule has 5 nitrogen and oxygen atoms in total. The van der Waals surface area contributed by atoms with E-state index in [1.165, 1.54) is 16.7 Å². The second kappa shape index (κ2) is 8.86. The number of anilines is 1. The molecule has 2 atom stereocenters. The molecular weight excluding hydrogens is 464 g/mol. The molecule has 1 aromatic heterocycles. The fourth-order valence-electron chi connectivity index (χ4n) is 5.11. The van der Waals surface area contributed by atoms with Gasteiger partial charge in [0.1, 0.15) is 17.9 Å².